The van der Waals surface area contributed by atoms with E-state index in [1.54, 1.807) is 0 Å². The molecule has 70 valence electrons. The minimum Gasteiger partial charge on any atom is -0.294 e. The van der Waals surface area contributed by atoms with E-state index in [1.165, 1.54) is 5.56 Å². The van der Waals surface area contributed by atoms with Crippen molar-refractivity contribution in [1.29, 1.82) is 0 Å². The van der Waals surface area contributed by atoms with Gasteiger partial charge in [-0.15, -0.1) is 0 Å². The Morgan fingerprint density at radius 3 is 3.14 bits per heavy atom. The first kappa shape index (κ1) is 7.74. The van der Waals surface area contributed by atoms with Crippen molar-refractivity contribution in [1.82, 2.24) is 10.2 Å². The van der Waals surface area contributed by atoms with Crippen LogP contribution in [0.15, 0.2) is 18.3 Å². The maximum absolute atomic E-state index is 11.6. The van der Waals surface area contributed by atoms with Gasteiger partial charge in [0.15, 0.2) is 5.78 Å². The minimum absolute atomic E-state index is 0.273. The van der Waals surface area contributed by atoms with Gasteiger partial charge in [-0.05, 0) is 30.5 Å². The van der Waals surface area contributed by atoms with Gasteiger partial charge in [0.25, 0.3) is 0 Å². The van der Waals surface area contributed by atoms with E-state index >= 15 is 0 Å². The van der Waals surface area contributed by atoms with E-state index in [0.29, 0.717) is 6.42 Å². The topological polar surface area (TPSA) is 45.8 Å². The van der Waals surface area contributed by atoms with Crippen LogP contribution in [-0.4, -0.2) is 16.0 Å². The number of nitrogens with one attached hydrogen (secondary N) is 1. The number of benzene rings is 1. The molecule has 2 aromatic rings. The fourth-order valence-electron chi connectivity index (χ4n) is 2.17. The maximum Gasteiger partial charge on any atom is 0.163 e. The molecule has 0 saturated heterocycles. The molecule has 1 aliphatic rings. The number of aryl methyl sites for hydroxylation is 1. The molecule has 1 aliphatic carbocycles. The largest absolute Gasteiger partial charge is 0.294 e. The number of fused-ring (bicyclic) bond motifs is 3. The van der Waals surface area contributed by atoms with Gasteiger partial charge in [-0.2, -0.15) is 5.10 Å². The molecule has 1 aromatic carbocycles. The zero-order valence-electron chi connectivity index (χ0n) is 7.71. The minimum atomic E-state index is 0.273. The van der Waals surface area contributed by atoms with Gasteiger partial charge in [0.05, 0.1) is 11.7 Å². The Kier molecular flexibility index (Phi) is 1.48. The maximum atomic E-state index is 11.6. The van der Waals surface area contributed by atoms with Crippen LogP contribution in [0.4, 0.5) is 0 Å². The van der Waals surface area contributed by atoms with Gasteiger partial charge in [0, 0.05) is 17.4 Å². The second-order valence-electron chi connectivity index (χ2n) is 3.70. The van der Waals surface area contributed by atoms with E-state index in [0.717, 1.165) is 29.3 Å². The molecule has 1 aromatic heterocycles. The Morgan fingerprint density at radius 1 is 1.29 bits per heavy atom. The Hall–Kier alpha value is -1.64. The molecule has 0 aliphatic heterocycles. The van der Waals surface area contributed by atoms with Gasteiger partial charge in [-0.3, -0.25) is 9.89 Å². The van der Waals surface area contributed by atoms with E-state index in [1.807, 2.05) is 18.3 Å². The number of carbonyl (C=O) groups excluding carboxylic acids is 1. The van der Waals surface area contributed by atoms with E-state index in [9.17, 15) is 4.79 Å². The monoisotopic (exact) mass is 186 g/mol. The Morgan fingerprint density at radius 2 is 2.21 bits per heavy atom. The molecule has 0 amide bonds. The number of H-pyrrole nitrogens is 1. The van der Waals surface area contributed by atoms with Gasteiger partial charge < -0.3 is 0 Å². The van der Waals surface area contributed by atoms with Crippen LogP contribution in [0.3, 0.4) is 0 Å². The fourth-order valence-corrected chi connectivity index (χ4v) is 2.17. The Labute approximate surface area is 81.1 Å². The lowest BCUT2D eigenvalue weighted by Crippen LogP contribution is -2.10. The van der Waals surface area contributed by atoms with E-state index in [2.05, 4.69) is 10.2 Å². The zero-order chi connectivity index (χ0) is 9.54. The smallest absolute Gasteiger partial charge is 0.163 e. The number of ketones is 1. The number of rotatable bonds is 0. The highest BCUT2D eigenvalue weighted by Gasteiger charge is 2.19. The van der Waals surface area contributed by atoms with Crippen LogP contribution in [0.5, 0.6) is 0 Å². The lowest BCUT2D eigenvalue weighted by Gasteiger charge is -2.14. The number of Topliss-reactive ketones (excluding diaryl/α,β-unsaturated/α-hetero) is 1. The molecule has 1 N–H and O–H groups in total. The second-order valence-corrected chi connectivity index (χ2v) is 3.70. The molecule has 0 fully saturated rings. The highest BCUT2D eigenvalue weighted by Crippen LogP contribution is 2.27. The number of aromatic amines is 1. The first-order valence-corrected chi connectivity index (χ1v) is 4.84. The van der Waals surface area contributed by atoms with E-state index < -0.39 is 0 Å². The Bertz CT molecular complexity index is 513. The van der Waals surface area contributed by atoms with Crippen LogP contribution in [0.2, 0.25) is 0 Å². The molecular weight excluding hydrogens is 176 g/mol. The van der Waals surface area contributed by atoms with Gasteiger partial charge >= 0.3 is 0 Å². The molecular formula is C11H10N2O. The number of carbonyl (C=O) groups is 1. The molecule has 0 spiro atoms. The van der Waals surface area contributed by atoms with Crippen molar-refractivity contribution in [2.24, 2.45) is 0 Å². The summed E-state index contributed by atoms with van der Waals surface area (Å²) in [5, 5.41) is 8.03. The quantitative estimate of drug-likeness (QED) is 0.684. The van der Waals surface area contributed by atoms with E-state index in [4.69, 9.17) is 0 Å². The number of hydrogen-bond acceptors (Lipinski definition) is 2. The first-order chi connectivity index (χ1) is 6.86. The summed E-state index contributed by atoms with van der Waals surface area (Å²) >= 11 is 0. The van der Waals surface area contributed by atoms with Crippen molar-refractivity contribution in [2.45, 2.75) is 19.3 Å². The lowest BCUT2D eigenvalue weighted by molar-refractivity contribution is 0.0973. The van der Waals surface area contributed by atoms with Crippen molar-refractivity contribution in [3.63, 3.8) is 0 Å². The molecule has 3 heteroatoms. The summed E-state index contributed by atoms with van der Waals surface area (Å²) in [5.41, 5.74) is 3.09. The van der Waals surface area contributed by atoms with Crippen LogP contribution in [0, 0.1) is 0 Å². The number of aromatic nitrogens is 2. The predicted molar refractivity (Wildman–Crippen MR) is 53.4 cm³/mol. The van der Waals surface area contributed by atoms with E-state index in [-0.39, 0.29) is 5.78 Å². The molecule has 0 unspecified atom stereocenters. The summed E-state index contributed by atoms with van der Waals surface area (Å²) < 4.78 is 0. The summed E-state index contributed by atoms with van der Waals surface area (Å²) in [6, 6.07) is 3.85. The van der Waals surface area contributed by atoms with Gasteiger partial charge in [-0.25, -0.2) is 0 Å². The summed E-state index contributed by atoms with van der Waals surface area (Å²) in [7, 11) is 0. The zero-order valence-corrected chi connectivity index (χ0v) is 7.71. The van der Waals surface area contributed by atoms with Crippen molar-refractivity contribution in [2.75, 3.05) is 0 Å². The van der Waals surface area contributed by atoms with Crippen LogP contribution < -0.4 is 0 Å². The third-order valence-electron chi connectivity index (χ3n) is 2.87. The summed E-state index contributed by atoms with van der Waals surface area (Å²) in [6.45, 7) is 0. The second kappa shape index (κ2) is 2.67. The fraction of sp³-hybridized carbons (Fsp3) is 0.273. The average Bonchev–Trinajstić information content (AvgIpc) is 2.66. The predicted octanol–water partition coefficient (Wildman–Crippen LogP) is 2.08. The van der Waals surface area contributed by atoms with Gasteiger partial charge in [-0.1, -0.05) is 0 Å². The molecule has 3 nitrogen and oxygen atoms in total. The summed E-state index contributed by atoms with van der Waals surface area (Å²) in [4.78, 5) is 11.6. The van der Waals surface area contributed by atoms with Crippen molar-refractivity contribution < 1.29 is 4.79 Å². The molecule has 0 saturated carbocycles. The molecule has 0 atom stereocenters. The normalized spacial score (nSPS) is 15.9. The van der Waals surface area contributed by atoms with Gasteiger partial charge in [0.2, 0.25) is 0 Å². The summed E-state index contributed by atoms with van der Waals surface area (Å²) in [6.07, 6.45) is 4.47. The summed E-state index contributed by atoms with van der Waals surface area (Å²) in [5.74, 6) is 0.273. The molecule has 14 heavy (non-hydrogen) atoms. The third-order valence-corrected chi connectivity index (χ3v) is 2.87. The van der Waals surface area contributed by atoms with Crippen LogP contribution in [0.25, 0.3) is 10.9 Å². The first-order valence-electron chi connectivity index (χ1n) is 4.84. The lowest BCUT2D eigenvalue weighted by atomic mass is 9.89. The standard InChI is InChI=1S/C11H10N2O/c14-11-3-1-2-7-8(11)4-5-10-9(7)6-12-13-10/h4-6H,1-3H2,(H,12,13). The Balaban J connectivity index is 2.38. The highest BCUT2D eigenvalue weighted by molar-refractivity contribution is 6.03. The molecule has 0 bridgehead atoms. The van der Waals surface area contributed by atoms with Crippen LogP contribution in [-0.2, 0) is 6.42 Å². The van der Waals surface area contributed by atoms with Gasteiger partial charge in [0.1, 0.15) is 0 Å². The van der Waals surface area contributed by atoms with Crippen molar-refractivity contribution in [3.05, 3.63) is 29.5 Å². The molecule has 0 radical (unpaired) electrons. The third kappa shape index (κ3) is 0.923. The van der Waals surface area contributed by atoms with Crippen LogP contribution in [0.1, 0.15) is 28.8 Å². The number of nitrogens with zero attached hydrogens (tertiary/aromatic N) is 1. The van der Waals surface area contributed by atoms with Crippen molar-refractivity contribution >= 4 is 16.7 Å². The van der Waals surface area contributed by atoms with Crippen molar-refractivity contribution in [3.8, 4) is 0 Å². The van der Waals surface area contributed by atoms with Crippen LogP contribution >= 0.6 is 0 Å². The number of hydrogen-bond donors (Lipinski definition) is 1. The SMILES string of the molecule is O=C1CCCc2c1ccc1[nH]ncc21. The molecule has 1 heterocycles. The molecule has 3 rings (SSSR count). The highest BCUT2D eigenvalue weighted by atomic mass is 16.1. The average molecular weight is 186 g/mol.